The molecule has 0 atom stereocenters. The van der Waals surface area contributed by atoms with Gasteiger partial charge >= 0.3 is 0 Å². The maximum atomic E-state index is 13.0. The normalized spacial score (nSPS) is 14.3. The largest absolute Gasteiger partial charge is 0.384 e. The summed E-state index contributed by atoms with van der Waals surface area (Å²) in [7, 11) is 0. The number of nitrogens with one attached hydrogen (secondary N) is 3. The fraction of sp³-hybridized carbons (Fsp3) is 0.217. The maximum Gasteiger partial charge on any atom is 0.259 e. The molecule has 31 heavy (non-hydrogen) atoms. The highest BCUT2D eigenvalue weighted by Crippen LogP contribution is 2.38. The van der Waals surface area contributed by atoms with Crippen LogP contribution < -0.4 is 21.7 Å². The van der Waals surface area contributed by atoms with E-state index in [-0.39, 0.29) is 17.2 Å². The summed E-state index contributed by atoms with van der Waals surface area (Å²) in [6.45, 7) is 4.52. The molecule has 0 aliphatic carbocycles. The molecule has 0 saturated heterocycles. The smallest absolute Gasteiger partial charge is 0.259 e. The van der Waals surface area contributed by atoms with E-state index in [1.54, 1.807) is 36.7 Å². The Bertz CT molecular complexity index is 1160. The van der Waals surface area contributed by atoms with Crippen LogP contribution in [0, 0.1) is 0 Å². The molecule has 0 fully saturated rings. The zero-order chi connectivity index (χ0) is 22.0. The highest BCUT2D eigenvalue weighted by molar-refractivity contribution is 6.08. The number of aromatic nitrogens is 2. The summed E-state index contributed by atoms with van der Waals surface area (Å²) in [5.41, 5.74) is 9.17. The van der Waals surface area contributed by atoms with Gasteiger partial charge in [0.15, 0.2) is 0 Å². The molecule has 1 aromatic carbocycles. The standard InChI is InChI=1S/C23H24N6O2/c1-23(2)12-20(30)29-18-11-15(5-6-17(18)23)28-22(31)16-4-3-8-26-21(16)27-13-14-7-9-25-19(24)10-14/h3-11H,12-13H2,1-2H3,(H2,24,25)(H,26,27)(H,28,31)(H,29,30). The molecule has 1 aliphatic heterocycles. The van der Waals surface area contributed by atoms with E-state index in [1.165, 1.54) is 0 Å². The van der Waals surface area contributed by atoms with Crippen molar-refractivity contribution >= 4 is 34.8 Å². The first-order valence-electron chi connectivity index (χ1n) is 9.97. The second kappa shape index (κ2) is 8.06. The van der Waals surface area contributed by atoms with Gasteiger partial charge in [-0.3, -0.25) is 9.59 Å². The van der Waals surface area contributed by atoms with Crippen molar-refractivity contribution in [1.82, 2.24) is 9.97 Å². The summed E-state index contributed by atoms with van der Waals surface area (Å²) < 4.78 is 0. The van der Waals surface area contributed by atoms with E-state index in [4.69, 9.17) is 5.73 Å². The number of pyridine rings is 2. The lowest BCUT2D eigenvalue weighted by atomic mass is 9.78. The van der Waals surface area contributed by atoms with Crippen LogP contribution in [-0.2, 0) is 16.8 Å². The molecule has 0 saturated carbocycles. The van der Waals surface area contributed by atoms with Crippen LogP contribution in [0.2, 0.25) is 0 Å². The summed E-state index contributed by atoms with van der Waals surface area (Å²) in [5, 5.41) is 8.97. The van der Waals surface area contributed by atoms with Crippen LogP contribution in [0.15, 0.2) is 54.9 Å². The Kier molecular flexibility index (Phi) is 5.29. The number of hydrogen-bond donors (Lipinski definition) is 4. The number of nitrogens with zero attached hydrogens (tertiary/aromatic N) is 2. The van der Waals surface area contributed by atoms with Crippen molar-refractivity contribution in [2.24, 2.45) is 0 Å². The van der Waals surface area contributed by atoms with Crippen molar-refractivity contribution in [2.75, 3.05) is 21.7 Å². The van der Waals surface area contributed by atoms with Crippen molar-refractivity contribution in [1.29, 1.82) is 0 Å². The highest BCUT2D eigenvalue weighted by Gasteiger charge is 2.31. The molecule has 1 aliphatic rings. The number of hydrogen-bond acceptors (Lipinski definition) is 6. The monoisotopic (exact) mass is 416 g/mol. The minimum Gasteiger partial charge on any atom is -0.384 e. The molecule has 2 aromatic heterocycles. The van der Waals surface area contributed by atoms with Crippen LogP contribution in [0.1, 0.15) is 41.8 Å². The lowest BCUT2D eigenvalue weighted by molar-refractivity contribution is -0.117. The number of carbonyl (C=O) groups excluding carboxylic acids is 2. The van der Waals surface area contributed by atoms with E-state index in [0.29, 0.717) is 35.9 Å². The van der Waals surface area contributed by atoms with Gasteiger partial charge < -0.3 is 21.7 Å². The number of carbonyl (C=O) groups is 2. The first-order chi connectivity index (χ1) is 14.8. The number of anilines is 4. The first kappa shape index (κ1) is 20.3. The minimum absolute atomic E-state index is 0.0310. The zero-order valence-electron chi connectivity index (χ0n) is 17.4. The van der Waals surface area contributed by atoms with Gasteiger partial charge in [-0.15, -0.1) is 0 Å². The average molecular weight is 416 g/mol. The summed E-state index contributed by atoms with van der Waals surface area (Å²) >= 11 is 0. The van der Waals surface area contributed by atoms with Gasteiger partial charge in [0.05, 0.1) is 5.56 Å². The van der Waals surface area contributed by atoms with Crippen molar-refractivity contribution in [3.05, 3.63) is 71.5 Å². The quantitative estimate of drug-likeness (QED) is 0.505. The van der Waals surface area contributed by atoms with Gasteiger partial charge in [-0.05, 0) is 47.5 Å². The third-order valence-corrected chi connectivity index (χ3v) is 5.24. The third-order valence-electron chi connectivity index (χ3n) is 5.24. The lowest BCUT2D eigenvalue weighted by Gasteiger charge is -2.32. The summed E-state index contributed by atoms with van der Waals surface area (Å²) in [6, 6.07) is 12.6. The van der Waals surface area contributed by atoms with Crippen molar-refractivity contribution in [2.45, 2.75) is 32.2 Å². The second-order valence-corrected chi connectivity index (χ2v) is 8.17. The van der Waals surface area contributed by atoms with Crippen LogP contribution >= 0.6 is 0 Å². The van der Waals surface area contributed by atoms with Gasteiger partial charge in [0, 0.05) is 42.1 Å². The van der Waals surface area contributed by atoms with E-state index in [2.05, 4.69) is 25.9 Å². The molecule has 8 nitrogen and oxygen atoms in total. The van der Waals surface area contributed by atoms with Gasteiger partial charge in [0.25, 0.3) is 5.91 Å². The molecule has 158 valence electrons. The second-order valence-electron chi connectivity index (χ2n) is 8.17. The maximum absolute atomic E-state index is 13.0. The molecule has 0 unspecified atom stereocenters. The molecule has 3 aromatic rings. The Balaban J connectivity index is 1.52. The van der Waals surface area contributed by atoms with Gasteiger partial charge in [-0.1, -0.05) is 19.9 Å². The number of fused-ring (bicyclic) bond motifs is 1. The predicted molar refractivity (Wildman–Crippen MR) is 121 cm³/mol. The number of nitrogen functional groups attached to an aromatic ring is 1. The van der Waals surface area contributed by atoms with E-state index >= 15 is 0 Å². The molecule has 2 amide bonds. The van der Waals surface area contributed by atoms with Crippen molar-refractivity contribution < 1.29 is 9.59 Å². The molecule has 8 heteroatoms. The number of amides is 2. The number of benzene rings is 1. The SMILES string of the molecule is CC1(C)CC(=O)Nc2cc(NC(=O)c3cccnc3NCc3ccnc(N)c3)ccc21. The molecule has 4 rings (SSSR count). The van der Waals surface area contributed by atoms with Gasteiger partial charge in [0.2, 0.25) is 5.91 Å². The Labute approximate surface area is 180 Å². The molecule has 0 radical (unpaired) electrons. The Morgan fingerprint density at radius 2 is 2.00 bits per heavy atom. The van der Waals surface area contributed by atoms with Crippen LogP contribution in [0.25, 0.3) is 0 Å². The Hall–Kier alpha value is -3.94. The third kappa shape index (κ3) is 4.48. The van der Waals surface area contributed by atoms with E-state index in [1.807, 2.05) is 32.0 Å². The fourth-order valence-corrected chi connectivity index (χ4v) is 3.72. The number of rotatable bonds is 5. The lowest BCUT2D eigenvalue weighted by Crippen LogP contribution is -2.32. The van der Waals surface area contributed by atoms with E-state index in [0.717, 1.165) is 16.8 Å². The average Bonchev–Trinajstić information content (AvgIpc) is 2.71. The van der Waals surface area contributed by atoms with Crippen LogP contribution in [0.5, 0.6) is 0 Å². The van der Waals surface area contributed by atoms with Crippen LogP contribution in [0.3, 0.4) is 0 Å². The summed E-state index contributed by atoms with van der Waals surface area (Å²) in [5.74, 6) is 0.561. The molecular formula is C23H24N6O2. The Morgan fingerprint density at radius 1 is 1.16 bits per heavy atom. The number of nitrogens with two attached hydrogens (primary N) is 1. The van der Waals surface area contributed by atoms with Crippen molar-refractivity contribution in [3.63, 3.8) is 0 Å². The molecule has 0 bridgehead atoms. The topological polar surface area (TPSA) is 122 Å². The summed E-state index contributed by atoms with van der Waals surface area (Å²) in [6.07, 6.45) is 3.69. The molecule has 5 N–H and O–H groups in total. The van der Waals surface area contributed by atoms with E-state index < -0.39 is 0 Å². The molecule has 0 spiro atoms. The van der Waals surface area contributed by atoms with Gasteiger partial charge in [0.1, 0.15) is 11.6 Å². The highest BCUT2D eigenvalue weighted by atomic mass is 16.2. The first-order valence-corrected chi connectivity index (χ1v) is 9.97. The van der Waals surface area contributed by atoms with Crippen molar-refractivity contribution in [3.8, 4) is 0 Å². The van der Waals surface area contributed by atoms with Gasteiger partial charge in [-0.25, -0.2) is 9.97 Å². The summed E-state index contributed by atoms with van der Waals surface area (Å²) in [4.78, 5) is 33.3. The molecule has 3 heterocycles. The fourth-order valence-electron chi connectivity index (χ4n) is 3.72. The van der Waals surface area contributed by atoms with E-state index in [9.17, 15) is 9.59 Å². The zero-order valence-corrected chi connectivity index (χ0v) is 17.4. The van der Waals surface area contributed by atoms with Crippen LogP contribution in [-0.4, -0.2) is 21.8 Å². The Morgan fingerprint density at radius 3 is 2.81 bits per heavy atom. The minimum atomic E-state index is -0.300. The van der Waals surface area contributed by atoms with Gasteiger partial charge in [-0.2, -0.15) is 0 Å². The predicted octanol–water partition coefficient (Wildman–Crippen LogP) is 3.54. The van der Waals surface area contributed by atoms with Crippen LogP contribution in [0.4, 0.5) is 23.0 Å². The molecular weight excluding hydrogens is 392 g/mol.